The van der Waals surface area contributed by atoms with Crippen molar-refractivity contribution in [1.82, 2.24) is 9.78 Å². The number of alkyl halides is 3. The van der Waals surface area contributed by atoms with E-state index < -0.39 is 21.7 Å². The molecule has 0 atom stereocenters. The van der Waals surface area contributed by atoms with Crippen molar-refractivity contribution < 1.29 is 21.6 Å². The summed E-state index contributed by atoms with van der Waals surface area (Å²) in [4.78, 5) is 0.0789. The van der Waals surface area contributed by atoms with Gasteiger partial charge in [-0.2, -0.15) is 18.3 Å². The van der Waals surface area contributed by atoms with Crippen molar-refractivity contribution in [3.63, 3.8) is 0 Å². The van der Waals surface area contributed by atoms with Crippen LogP contribution < -0.4 is 0 Å². The van der Waals surface area contributed by atoms with Crippen molar-refractivity contribution in [1.29, 1.82) is 0 Å². The first-order chi connectivity index (χ1) is 13.0. The van der Waals surface area contributed by atoms with Crippen LogP contribution in [0.4, 0.5) is 13.2 Å². The molecule has 9 heteroatoms. The first-order valence-electron chi connectivity index (χ1n) is 8.26. The number of aromatic nitrogens is 2. The zero-order valence-electron chi connectivity index (χ0n) is 15.0. The predicted molar refractivity (Wildman–Crippen MR) is 102 cm³/mol. The topological polar surface area (TPSA) is 52.0 Å². The molecular formula is C19H16ClF3N2O2S. The largest absolute Gasteiger partial charge is 0.433 e. The summed E-state index contributed by atoms with van der Waals surface area (Å²) in [5.74, 6) is 0. The molecule has 0 aliphatic heterocycles. The van der Waals surface area contributed by atoms with E-state index in [4.69, 9.17) is 11.6 Å². The SMILES string of the molecule is CCn1nc(-c2ccc(S(C)(=O)=O)cc2)c(-c2ccc(Cl)cc2)c1C(F)(F)F. The molecule has 0 bridgehead atoms. The van der Waals surface area contributed by atoms with E-state index in [1.807, 2.05) is 0 Å². The van der Waals surface area contributed by atoms with Gasteiger partial charge in [-0.3, -0.25) is 4.68 Å². The summed E-state index contributed by atoms with van der Waals surface area (Å²) < 4.78 is 65.8. The van der Waals surface area contributed by atoms with Crippen LogP contribution in [0.15, 0.2) is 53.4 Å². The monoisotopic (exact) mass is 428 g/mol. The molecule has 4 nitrogen and oxygen atoms in total. The third kappa shape index (κ3) is 3.93. The van der Waals surface area contributed by atoms with Crippen LogP contribution in [0.25, 0.3) is 22.4 Å². The normalized spacial score (nSPS) is 12.4. The van der Waals surface area contributed by atoms with E-state index in [2.05, 4.69) is 5.10 Å². The average Bonchev–Trinajstić information content (AvgIpc) is 3.02. The fourth-order valence-corrected chi connectivity index (χ4v) is 3.69. The van der Waals surface area contributed by atoms with Crippen molar-refractivity contribution in [2.45, 2.75) is 24.5 Å². The highest BCUT2D eigenvalue weighted by Crippen LogP contribution is 2.43. The van der Waals surface area contributed by atoms with Crippen LogP contribution >= 0.6 is 11.6 Å². The number of hydrogen-bond donors (Lipinski definition) is 0. The average molecular weight is 429 g/mol. The summed E-state index contributed by atoms with van der Waals surface area (Å²) in [5, 5.41) is 4.57. The van der Waals surface area contributed by atoms with Gasteiger partial charge in [0.1, 0.15) is 5.69 Å². The van der Waals surface area contributed by atoms with Gasteiger partial charge in [0.05, 0.1) is 4.90 Å². The van der Waals surface area contributed by atoms with Crippen LogP contribution in [0.1, 0.15) is 12.6 Å². The Morgan fingerprint density at radius 3 is 2.00 bits per heavy atom. The Labute approximate surface area is 165 Å². The molecule has 28 heavy (non-hydrogen) atoms. The minimum atomic E-state index is -4.62. The Bertz CT molecular complexity index is 1100. The molecule has 0 saturated carbocycles. The molecule has 0 saturated heterocycles. The first kappa shape index (κ1) is 20.4. The van der Waals surface area contributed by atoms with Gasteiger partial charge >= 0.3 is 6.18 Å². The zero-order chi connectivity index (χ0) is 20.7. The highest BCUT2D eigenvalue weighted by atomic mass is 35.5. The van der Waals surface area contributed by atoms with Crippen molar-refractivity contribution in [2.75, 3.05) is 6.26 Å². The third-order valence-electron chi connectivity index (χ3n) is 4.21. The molecule has 0 fully saturated rings. The van der Waals surface area contributed by atoms with E-state index in [0.29, 0.717) is 16.1 Å². The standard InChI is InChI=1S/C19H16ClF3N2O2S/c1-3-25-18(19(21,22)23)16(12-4-8-14(20)9-5-12)17(24-25)13-6-10-15(11-7-13)28(2,26)27/h4-11H,3H2,1-2H3. The molecular weight excluding hydrogens is 413 g/mol. The molecule has 0 N–H and O–H groups in total. The first-order valence-corrected chi connectivity index (χ1v) is 10.5. The minimum Gasteiger partial charge on any atom is -0.260 e. The summed E-state index contributed by atoms with van der Waals surface area (Å²) in [5.41, 5.74) is -0.108. The second kappa shape index (κ2) is 7.25. The number of hydrogen-bond acceptors (Lipinski definition) is 3. The molecule has 2 aromatic carbocycles. The van der Waals surface area contributed by atoms with Crippen molar-refractivity contribution in [2.24, 2.45) is 0 Å². The van der Waals surface area contributed by atoms with E-state index in [1.165, 1.54) is 48.5 Å². The molecule has 3 rings (SSSR count). The van der Waals surface area contributed by atoms with Crippen molar-refractivity contribution in [3.05, 3.63) is 59.2 Å². The quantitative estimate of drug-likeness (QED) is 0.565. The Kier molecular flexibility index (Phi) is 5.29. The lowest BCUT2D eigenvalue weighted by Crippen LogP contribution is -2.14. The predicted octanol–water partition coefficient (Wildman–Crippen LogP) is 5.31. The summed E-state index contributed by atoms with van der Waals surface area (Å²) in [6, 6.07) is 11.7. The number of nitrogens with zero attached hydrogens (tertiary/aromatic N) is 2. The second-order valence-corrected chi connectivity index (χ2v) is 8.64. The summed E-state index contributed by atoms with van der Waals surface area (Å²) in [6.07, 6.45) is -3.56. The number of aryl methyl sites for hydroxylation is 1. The molecule has 0 unspecified atom stereocenters. The lowest BCUT2D eigenvalue weighted by atomic mass is 9.98. The van der Waals surface area contributed by atoms with E-state index >= 15 is 0 Å². The molecule has 0 aliphatic rings. The van der Waals surface area contributed by atoms with Gasteiger partial charge < -0.3 is 0 Å². The number of rotatable bonds is 4. The molecule has 148 valence electrons. The van der Waals surface area contributed by atoms with Crippen LogP contribution in [0.2, 0.25) is 5.02 Å². The molecule has 3 aromatic rings. The van der Waals surface area contributed by atoms with E-state index in [1.54, 1.807) is 6.92 Å². The maximum absolute atomic E-state index is 13.8. The van der Waals surface area contributed by atoms with Gasteiger partial charge in [0.15, 0.2) is 15.5 Å². The summed E-state index contributed by atoms with van der Waals surface area (Å²) in [7, 11) is -3.42. The van der Waals surface area contributed by atoms with Gasteiger partial charge in [0, 0.05) is 29.0 Å². The second-order valence-electron chi connectivity index (χ2n) is 6.19. The number of halogens is 4. The third-order valence-corrected chi connectivity index (χ3v) is 5.59. The highest BCUT2D eigenvalue weighted by Gasteiger charge is 2.40. The molecule has 0 spiro atoms. The highest BCUT2D eigenvalue weighted by molar-refractivity contribution is 7.90. The van der Waals surface area contributed by atoms with Gasteiger partial charge in [0.2, 0.25) is 0 Å². The summed E-state index contributed by atoms with van der Waals surface area (Å²) >= 11 is 5.88. The lowest BCUT2D eigenvalue weighted by molar-refractivity contribution is -0.143. The van der Waals surface area contributed by atoms with Gasteiger partial charge in [-0.1, -0.05) is 35.9 Å². The van der Waals surface area contributed by atoms with Crippen LogP contribution in [0, 0.1) is 0 Å². The maximum Gasteiger partial charge on any atom is 0.433 e. The molecule has 0 aliphatic carbocycles. The van der Waals surface area contributed by atoms with Crippen molar-refractivity contribution >= 4 is 21.4 Å². The van der Waals surface area contributed by atoms with E-state index in [-0.39, 0.29) is 22.7 Å². The van der Waals surface area contributed by atoms with E-state index in [0.717, 1.165) is 10.9 Å². The van der Waals surface area contributed by atoms with Crippen LogP contribution in [-0.2, 0) is 22.6 Å². The van der Waals surface area contributed by atoms with Gasteiger partial charge in [0.25, 0.3) is 0 Å². The Balaban J connectivity index is 2.29. The number of benzene rings is 2. The van der Waals surface area contributed by atoms with Gasteiger partial charge in [-0.15, -0.1) is 0 Å². The number of sulfone groups is 1. The van der Waals surface area contributed by atoms with E-state index in [9.17, 15) is 21.6 Å². The lowest BCUT2D eigenvalue weighted by Gasteiger charge is -2.12. The fraction of sp³-hybridized carbons (Fsp3) is 0.211. The fourth-order valence-electron chi connectivity index (χ4n) is 2.93. The van der Waals surface area contributed by atoms with Crippen LogP contribution in [-0.4, -0.2) is 24.5 Å². The van der Waals surface area contributed by atoms with Gasteiger partial charge in [-0.05, 0) is 36.8 Å². The molecule has 0 amide bonds. The van der Waals surface area contributed by atoms with Crippen LogP contribution in [0.3, 0.4) is 0 Å². The maximum atomic E-state index is 13.8. The Hall–Kier alpha value is -2.32. The Morgan fingerprint density at radius 1 is 1.00 bits per heavy atom. The zero-order valence-corrected chi connectivity index (χ0v) is 16.5. The molecule has 1 heterocycles. The van der Waals surface area contributed by atoms with Gasteiger partial charge in [-0.25, -0.2) is 8.42 Å². The minimum absolute atomic E-state index is 0.0247. The van der Waals surface area contributed by atoms with Crippen molar-refractivity contribution in [3.8, 4) is 22.4 Å². The smallest absolute Gasteiger partial charge is 0.260 e. The summed E-state index contributed by atoms with van der Waals surface area (Å²) in [6.45, 7) is 1.60. The molecule has 0 radical (unpaired) electrons. The Morgan fingerprint density at radius 2 is 1.54 bits per heavy atom. The van der Waals surface area contributed by atoms with Crippen LogP contribution in [0.5, 0.6) is 0 Å². The molecule has 1 aromatic heterocycles.